The summed E-state index contributed by atoms with van der Waals surface area (Å²) in [5, 5.41) is 14.1. The molecule has 1 N–H and O–H groups in total. The van der Waals surface area contributed by atoms with Crippen LogP contribution in [0.3, 0.4) is 0 Å². The molecule has 2 aromatic rings. The molecule has 1 aliphatic heterocycles. The highest BCUT2D eigenvalue weighted by Crippen LogP contribution is 2.29. The summed E-state index contributed by atoms with van der Waals surface area (Å²) in [6, 6.07) is 8.93. The number of morpholine rings is 1. The first kappa shape index (κ1) is 19.6. The molecule has 0 saturated carbocycles. The van der Waals surface area contributed by atoms with Gasteiger partial charge in [-0.15, -0.1) is 0 Å². The number of anilines is 2. The van der Waals surface area contributed by atoms with Gasteiger partial charge >= 0.3 is 11.7 Å². The molecule has 148 valence electrons. The first-order chi connectivity index (χ1) is 13.5. The number of carbonyl (C=O) groups is 1. The van der Waals surface area contributed by atoms with Crippen molar-refractivity contribution in [1.82, 2.24) is 0 Å². The number of nitrogens with one attached hydrogen (secondary N) is 1. The van der Waals surface area contributed by atoms with E-state index in [1.165, 1.54) is 19.2 Å². The Morgan fingerprint density at radius 1 is 1.29 bits per heavy atom. The molecule has 0 unspecified atom stereocenters. The lowest BCUT2D eigenvalue weighted by atomic mass is 10.1. The summed E-state index contributed by atoms with van der Waals surface area (Å²) in [4.78, 5) is 24.2. The van der Waals surface area contributed by atoms with E-state index >= 15 is 0 Å². The highest BCUT2D eigenvalue weighted by atomic mass is 19.1. The lowest BCUT2D eigenvalue weighted by Gasteiger charge is -2.31. The topological polar surface area (TPSA) is 93.9 Å². The van der Waals surface area contributed by atoms with E-state index in [2.05, 4.69) is 10.2 Å². The van der Waals surface area contributed by atoms with Crippen molar-refractivity contribution in [3.63, 3.8) is 0 Å². The van der Waals surface area contributed by atoms with E-state index < -0.39 is 22.4 Å². The van der Waals surface area contributed by atoms with Crippen LogP contribution < -0.4 is 10.2 Å². The smallest absolute Gasteiger partial charge is 0.337 e. The van der Waals surface area contributed by atoms with Gasteiger partial charge in [0.2, 0.25) is 5.82 Å². The molecule has 2 aromatic carbocycles. The van der Waals surface area contributed by atoms with Crippen LogP contribution in [0.1, 0.15) is 15.9 Å². The Hall–Kier alpha value is -3.20. The SMILES string of the molecule is COC(=O)c1ccc(N2CCOCC2)c(NCc2ccc(F)c([N+](=O)[O-])c2)c1. The van der Waals surface area contributed by atoms with Gasteiger partial charge in [-0.2, -0.15) is 4.39 Å². The Balaban J connectivity index is 1.87. The molecular weight excluding hydrogens is 369 g/mol. The number of methoxy groups -OCH3 is 1. The lowest BCUT2D eigenvalue weighted by molar-refractivity contribution is -0.387. The van der Waals surface area contributed by atoms with Gasteiger partial charge in [0.15, 0.2) is 0 Å². The summed E-state index contributed by atoms with van der Waals surface area (Å²) in [5.74, 6) is -1.34. The summed E-state index contributed by atoms with van der Waals surface area (Å²) in [5.41, 5.74) is 1.91. The van der Waals surface area contributed by atoms with Crippen molar-refractivity contribution in [2.45, 2.75) is 6.54 Å². The van der Waals surface area contributed by atoms with E-state index in [4.69, 9.17) is 9.47 Å². The molecule has 0 aromatic heterocycles. The van der Waals surface area contributed by atoms with Gasteiger partial charge in [0.25, 0.3) is 0 Å². The fourth-order valence-electron chi connectivity index (χ4n) is 3.01. The average molecular weight is 389 g/mol. The molecule has 9 heteroatoms. The minimum absolute atomic E-state index is 0.225. The van der Waals surface area contributed by atoms with Gasteiger partial charge in [-0.05, 0) is 29.8 Å². The zero-order valence-electron chi connectivity index (χ0n) is 15.3. The maximum absolute atomic E-state index is 13.5. The molecule has 1 fully saturated rings. The largest absolute Gasteiger partial charge is 0.465 e. The van der Waals surface area contributed by atoms with Crippen LogP contribution in [0.2, 0.25) is 0 Å². The van der Waals surface area contributed by atoms with Gasteiger partial charge in [-0.3, -0.25) is 10.1 Å². The molecule has 28 heavy (non-hydrogen) atoms. The molecule has 0 aliphatic carbocycles. The standard InChI is InChI=1S/C19H20FN3O5/c1-27-19(24)14-3-5-17(22-6-8-28-9-7-22)16(11-14)21-12-13-2-4-15(20)18(10-13)23(25)26/h2-5,10-11,21H,6-9,12H2,1H3. The summed E-state index contributed by atoms with van der Waals surface area (Å²) in [6.07, 6.45) is 0. The lowest BCUT2D eigenvalue weighted by Crippen LogP contribution is -2.36. The first-order valence-corrected chi connectivity index (χ1v) is 8.71. The number of nitrogens with zero attached hydrogens (tertiary/aromatic N) is 2. The quantitative estimate of drug-likeness (QED) is 0.461. The predicted molar refractivity (Wildman–Crippen MR) is 101 cm³/mol. The first-order valence-electron chi connectivity index (χ1n) is 8.71. The van der Waals surface area contributed by atoms with Crippen molar-refractivity contribution >= 4 is 23.0 Å². The molecule has 1 heterocycles. The number of rotatable bonds is 6. The second-order valence-corrected chi connectivity index (χ2v) is 6.22. The molecule has 0 radical (unpaired) electrons. The van der Waals surface area contributed by atoms with Crippen molar-refractivity contribution in [1.29, 1.82) is 0 Å². The molecule has 8 nitrogen and oxygen atoms in total. The molecule has 3 rings (SSSR count). The number of benzene rings is 2. The maximum atomic E-state index is 13.5. The molecule has 1 aliphatic rings. The summed E-state index contributed by atoms with van der Waals surface area (Å²) in [7, 11) is 1.31. The summed E-state index contributed by atoms with van der Waals surface area (Å²) in [6.45, 7) is 2.83. The number of esters is 1. The zero-order chi connectivity index (χ0) is 20.1. The van der Waals surface area contributed by atoms with E-state index in [9.17, 15) is 19.3 Å². The average Bonchev–Trinajstić information content (AvgIpc) is 2.72. The number of nitro benzene ring substituents is 1. The normalized spacial score (nSPS) is 13.9. The van der Waals surface area contributed by atoms with Gasteiger partial charge in [0, 0.05) is 25.7 Å². The summed E-state index contributed by atoms with van der Waals surface area (Å²) >= 11 is 0. The van der Waals surface area contributed by atoms with E-state index in [0.717, 1.165) is 11.8 Å². The number of ether oxygens (including phenoxy) is 2. The molecule has 0 spiro atoms. The molecule has 0 bridgehead atoms. The van der Waals surface area contributed by atoms with Crippen LogP contribution in [0.25, 0.3) is 0 Å². The Labute approximate surface area is 161 Å². The number of hydrogen-bond acceptors (Lipinski definition) is 7. The van der Waals surface area contributed by atoms with Crippen LogP contribution in [0.4, 0.5) is 21.5 Å². The second-order valence-electron chi connectivity index (χ2n) is 6.22. The molecule has 0 atom stereocenters. The zero-order valence-corrected chi connectivity index (χ0v) is 15.3. The van der Waals surface area contributed by atoms with Crippen molar-refractivity contribution in [2.24, 2.45) is 0 Å². The van der Waals surface area contributed by atoms with Gasteiger partial charge in [0.1, 0.15) is 0 Å². The predicted octanol–water partition coefficient (Wildman–Crippen LogP) is 2.97. The number of halogens is 1. The van der Waals surface area contributed by atoms with E-state index in [-0.39, 0.29) is 6.54 Å². The van der Waals surface area contributed by atoms with Crippen LogP contribution in [0, 0.1) is 15.9 Å². The molecule has 0 amide bonds. The van der Waals surface area contributed by atoms with Crippen LogP contribution >= 0.6 is 0 Å². The third-order valence-electron chi connectivity index (χ3n) is 4.46. The minimum atomic E-state index is -0.879. The van der Waals surface area contributed by atoms with Gasteiger partial charge < -0.3 is 19.7 Å². The van der Waals surface area contributed by atoms with Gasteiger partial charge in [-0.1, -0.05) is 6.07 Å². The van der Waals surface area contributed by atoms with E-state index in [1.807, 2.05) is 6.07 Å². The van der Waals surface area contributed by atoms with Crippen LogP contribution in [0.5, 0.6) is 0 Å². The fourth-order valence-corrected chi connectivity index (χ4v) is 3.01. The van der Waals surface area contributed by atoms with E-state index in [0.29, 0.717) is 43.1 Å². The van der Waals surface area contributed by atoms with Gasteiger partial charge in [-0.25, -0.2) is 4.79 Å². The highest BCUT2D eigenvalue weighted by Gasteiger charge is 2.18. The molecular formula is C19H20FN3O5. The highest BCUT2D eigenvalue weighted by molar-refractivity contribution is 5.92. The Morgan fingerprint density at radius 3 is 2.71 bits per heavy atom. The van der Waals surface area contributed by atoms with Crippen LogP contribution in [-0.4, -0.2) is 44.3 Å². The minimum Gasteiger partial charge on any atom is -0.465 e. The van der Waals surface area contributed by atoms with Crippen molar-refractivity contribution in [3.8, 4) is 0 Å². The fraction of sp³-hybridized carbons (Fsp3) is 0.316. The van der Waals surface area contributed by atoms with Crippen LogP contribution in [0.15, 0.2) is 36.4 Å². The number of hydrogen-bond donors (Lipinski definition) is 1. The maximum Gasteiger partial charge on any atom is 0.337 e. The Bertz CT molecular complexity index is 884. The summed E-state index contributed by atoms with van der Waals surface area (Å²) < 4.78 is 23.7. The van der Waals surface area contributed by atoms with Crippen LogP contribution in [-0.2, 0) is 16.0 Å². The number of nitro groups is 1. The van der Waals surface area contributed by atoms with Crippen molar-refractivity contribution < 1.29 is 23.6 Å². The van der Waals surface area contributed by atoms with Crippen molar-refractivity contribution in [3.05, 3.63) is 63.5 Å². The van der Waals surface area contributed by atoms with E-state index in [1.54, 1.807) is 12.1 Å². The third-order valence-corrected chi connectivity index (χ3v) is 4.46. The monoisotopic (exact) mass is 389 g/mol. The molecule has 1 saturated heterocycles. The van der Waals surface area contributed by atoms with Crippen molar-refractivity contribution in [2.75, 3.05) is 43.6 Å². The Morgan fingerprint density at radius 2 is 2.04 bits per heavy atom. The Kier molecular flexibility index (Phi) is 6.05. The number of carbonyl (C=O) groups excluding carboxylic acids is 1. The third kappa shape index (κ3) is 4.37. The second kappa shape index (κ2) is 8.66. The van der Waals surface area contributed by atoms with Gasteiger partial charge in [0.05, 0.1) is 42.2 Å².